The molecular weight excluding hydrogens is 312 g/mol. The van der Waals surface area contributed by atoms with Crippen molar-refractivity contribution in [2.24, 2.45) is 0 Å². The Balaban J connectivity index is 1.66. The van der Waals surface area contributed by atoms with Crippen molar-refractivity contribution in [3.05, 3.63) is 46.9 Å². The maximum absolute atomic E-state index is 4.62. The molecular formula is C16H14N4S2. The van der Waals surface area contributed by atoms with Gasteiger partial charge in [0.2, 0.25) is 0 Å². The smallest absolute Gasteiger partial charge is 0.128 e. The Kier molecular flexibility index (Phi) is 3.35. The minimum Gasteiger partial charge on any atom is -0.341 e. The van der Waals surface area contributed by atoms with E-state index in [-0.39, 0.29) is 0 Å². The Morgan fingerprint density at radius 2 is 2.05 bits per heavy atom. The van der Waals surface area contributed by atoms with Crippen LogP contribution in [0.1, 0.15) is 16.3 Å². The predicted molar refractivity (Wildman–Crippen MR) is 92.5 cm³/mol. The summed E-state index contributed by atoms with van der Waals surface area (Å²) in [6.45, 7) is 4.28. The molecule has 22 heavy (non-hydrogen) atoms. The van der Waals surface area contributed by atoms with Crippen LogP contribution in [0.4, 0.5) is 0 Å². The Bertz CT molecular complexity index is 938. The number of para-hydroxylation sites is 2. The molecule has 3 aromatic heterocycles. The van der Waals surface area contributed by atoms with E-state index in [2.05, 4.69) is 33.8 Å². The second-order valence-corrected chi connectivity index (χ2v) is 7.30. The molecule has 0 bridgehead atoms. The van der Waals surface area contributed by atoms with Gasteiger partial charge in [0.05, 0.1) is 16.8 Å². The van der Waals surface area contributed by atoms with Gasteiger partial charge in [-0.2, -0.15) is 0 Å². The third kappa shape index (κ3) is 2.28. The third-order valence-electron chi connectivity index (χ3n) is 3.71. The number of benzene rings is 1. The summed E-state index contributed by atoms with van der Waals surface area (Å²) in [5.74, 6) is 1.75. The minimum atomic E-state index is 0.773. The maximum Gasteiger partial charge on any atom is 0.128 e. The molecule has 0 radical (unpaired) electrons. The molecule has 110 valence electrons. The van der Waals surface area contributed by atoms with E-state index in [4.69, 9.17) is 0 Å². The maximum atomic E-state index is 4.62. The van der Waals surface area contributed by atoms with Gasteiger partial charge in [-0.1, -0.05) is 23.9 Å². The number of imidazole rings is 1. The van der Waals surface area contributed by atoms with Crippen molar-refractivity contribution in [3.8, 4) is 0 Å². The molecule has 0 spiro atoms. The summed E-state index contributed by atoms with van der Waals surface area (Å²) < 4.78 is 0. The fraction of sp³-hybridized carbons (Fsp3) is 0.188. The summed E-state index contributed by atoms with van der Waals surface area (Å²) in [7, 11) is 0. The zero-order chi connectivity index (χ0) is 15.1. The molecule has 0 aliphatic rings. The van der Waals surface area contributed by atoms with Gasteiger partial charge in [0, 0.05) is 10.3 Å². The second-order valence-electron chi connectivity index (χ2n) is 5.13. The van der Waals surface area contributed by atoms with Crippen molar-refractivity contribution in [1.29, 1.82) is 0 Å². The van der Waals surface area contributed by atoms with Gasteiger partial charge < -0.3 is 4.98 Å². The van der Waals surface area contributed by atoms with E-state index in [1.54, 1.807) is 29.4 Å². The molecule has 0 aliphatic heterocycles. The summed E-state index contributed by atoms with van der Waals surface area (Å²) in [6.07, 6.45) is 1.65. The third-order valence-corrected chi connectivity index (χ3v) is 5.83. The van der Waals surface area contributed by atoms with E-state index in [0.29, 0.717) is 0 Å². The lowest BCUT2D eigenvalue weighted by Gasteiger charge is -2.01. The van der Waals surface area contributed by atoms with Gasteiger partial charge in [-0.3, -0.25) is 0 Å². The number of hydrogen-bond donors (Lipinski definition) is 1. The van der Waals surface area contributed by atoms with Gasteiger partial charge in [-0.05, 0) is 31.5 Å². The van der Waals surface area contributed by atoms with Crippen molar-refractivity contribution in [2.75, 3.05) is 0 Å². The number of thiophene rings is 1. The zero-order valence-corrected chi connectivity index (χ0v) is 13.9. The summed E-state index contributed by atoms with van der Waals surface area (Å²) >= 11 is 3.44. The average molecular weight is 326 g/mol. The van der Waals surface area contributed by atoms with Crippen LogP contribution in [0, 0.1) is 13.8 Å². The van der Waals surface area contributed by atoms with Crippen molar-refractivity contribution in [3.63, 3.8) is 0 Å². The lowest BCUT2D eigenvalue weighted by Crippen LogP contribution is -1.88. The normalized spacial score (nSPS) is 11.5. The SMILES string of the molecule is Cc1sc2ncnc(SCc3nc4ccccc4[nH]3)c2c1C. The van der Waals surface area contributed by atoms with Gasteiger partial charge in [0.1, 0.15) is 22.0 Å². The molecule has 1 N–H and O–H groups in total. The fourth-order valence-corrected chi connectivity index (χ4v) is 4.46. The van der Waals surface area contributed by atoms with Gasteiger partial charge in [-0.15, -0.1) is 11.3 Å². The Labute approximate surface area is 136 Å². The number of fused-ring (bicyclic) bond motifs is 2. The highest BCUT2D eigenvalue weighted by Crippen LogP contribution is 2.35. The van der Waals surface area contributed by atoms with Gasteiger partial charge >= 0.3 is 0 Å². The van der Waals surface area contributed by atoms with Gasteiger partial charge in [0.25, 0.3) is 0 Å². The first-order chi connectivity index (χ1) is 10.7. The highest BCUT2D eigenvalue weighted by Gasteiger charge is 2.13. The molecule has 0 saturated carbocycles. The first-order valence-electron chi connectivity index (χ1n) is 6.99. The number of nitrogens with one attached hydrogen (secondary N) is 1. The first kappa shape index (κ1) is 13.7. The number of aromatic nitrogens is 4. The summed E-state index contributed by atoms with van der Waals surface area (Å²) in [5, 5.41) is 2.22. The second kappa shape index (κ2) is 5.37. The number of aromatic amines is 1. The van der Waals surface area contributed by atoms with E-state index in [9.17, 15) is 0 Å². The van der Waals surface area contributed by atoms with E-state index in [1.807, 2.05) is 24.3 Å². The average Bonchev–Trinajstić information content (AvgIpc) is 3.07. The quantitative estimate of drug-likeness (QED) is 0.445. The van der Waals surface area contributed by atoms with Crippen LogP contribution in [-0.4, -0.2) is 19.9 Å². The highest BCUT2D eigenvalue weighted by molar-refractivity contribution is 7.98. The lowest BCUT2D eigenvalue weighted by molar-refractivity contribution is 1.09. The number of aryl methyl sites for hydroxylation is 2. The fourth-order valence-electron chi connectivity index (χ4n) is 2.47. The molecule has 0 atom stereocenters. The number of H-pyrrole nitrogens is 1. The number of hydrogen-bond acceptors (Lipinski definition) is 5. The van der Waals surface area contributed by atoms with Crippen LogP contribution < -0.4 is 0 Å². The molecule has 0 fully saturated rings. The van der Waals surface area contributed by atoms with Crippen molar-refractivity contribution < 1.29 is 0 Å². The monoisotopic (exact) mass is 326 g/mol. The Hall–Kier alpha value is -1.92. The van der Waals surface area contributed by atoms with Crippen LogP contribution in [-0.2, 0) is 5.75 Å². The molecule has 3 heterocycles. The van der Waals surface area contributed by atoms with E-state index in [1.165, 1.54) is 15.8 Å². The summed E-state index contributed by atoms with van der Waals surface area (Å²) in [6, 6.07) is 8.09. The van der Waals surface area contributed by atoms with Crippen molar-refractivity contribution in [2.45, 2.75) is 24.6 Å². The lowest BCUT2D eigenvalue weighted by atomic mass is 10.2. The highest BCUT2D eigenvalue weighted by atomic mass is 32.2. The van der Waals surface area contributed by atoms with Crippen LogP contribution >= 0.6 is 23.1 Å². The largest absolute Gasteiger partial charge is 0.341 e. The van der Waals surface area contributed by atoms with Crippen molar-refractivity contribution in [1.82, 2.24) is 19.9 Å². The topological polar surface area (TPSA) is 54.5 Å². The van der Waals surface area contributed by atoms with E-state index in [0.717, 1.165) is 32.5 Å². The molecule has 0 aliphatic carbocycles. The summed E-state index contributed by atoms with van der Waals surface area (Å²) in [4.78, 5) is 19.2. The zero-order valence-electron chi connectivity index (χ0n) is 12.3. The molecule has 4 nitrogen and oxygen atoms in total. The molecule has 0 amide bonds. The summed E-state index contributed by atoms with van der Waals surface area (Å²) in [5.41, 5.74) is 3.37. The van der Waals surface area contributed by atoms with Crippen LogP contribution in [0.5, 0.6) is 0 Å². The minimum absolute atomic E-state index is 0.773. The predicted octanol–water partition coefficient (Wildman–Crippen LogP) is 4.48. The van der Waals surface area contributed by atoms with Crippen LogP contribution in [0.15, 0.2) is 35.6 Å². The molecule has 6 heteroatoms. The molecule has 4 rings (SSSR count). The van der Waals surface area contributed by atoms with E-state index < -0.39 is 0 Å². The first-order valence-corrected chi connectivity index (χ1v) is 8.79. The van der Waals surface area contributed by atoms with Crippen LogP contribution in [0.3, 0.4) is 0 Å². The standard InChI is InChI=1S/C16H14N4S2/c1-9-10(2)22-16-14(9)15(17-8-18-16)21-7-13-19-11-5-3-4-6-12(11)20-13/h3-6,8H,7H2,1-2H3,(H,19,20). The number of thioether (sulfide) groups is 1. The number of rotatable bonds is 3. The Morgan fingerprint density at radius 1 is 1.18 bits per heavy atom. The van der Waals surface area contributed by atoms with Crippen LogP contribution in [0.25, 0.3) is 21.3 Å². The molecule has 1 aromatic carbocycles. The molecule has 4 aromatic rings. The molecule has 0 unspecified atom stereocenters. The van der Waals surface area contributed by atoms with Gasteiger partial charge in [0.15, 0.2) is 0 Å². The Morgan fingerprint density at radius 3 is 2.91 bits per heavy atom. The van der Waals surface area contributed by atoms with Gasteiger partial charge in [-0.25, -0.2) is 15.0 Å². The molecule has 0 saturated heterocycles. The van der Waals surface area contributed by atoms with Crippen molar-refractivity contribution >= 4 is 44.3 Å². The van der Waals surface area contributed by atoms with Crippen LogP contribution in [0.2, 0.25) is 0 Å². The van der Waals surface area contributed by atoms with E-state index >= 15 is 0 Å². The number of nitrogens with zero attached hydrogens (tertiary/aromatic N) is 3.